The second-order valence-electron chi connectivity index (χ2n) is 5.78. The Bertz CT molecular complexity index is 1060. The van der Waals surface area contributed by atoms with Gasteiger partial charge in [0.25, 0.3) is 5.91 Å². The van der Waals surface area contributed by atoms with E-state index in [9.17, 15) is 14.7 Å². The van der Waals surface area contributed by atoms with Crippen molar-refractivity contribution in [3.05, 3.63) is 89.2 Å². The van der Waals surface area contributed by atoms with E-state index in [2.05, 4.69) is 10.3 Å². The van der Waals surface area contributed by atoms with E-state index in [-0.39, 0.29) is 22.5 Å². The van der Waals surface area contributed by atoms with E-state index in [0.29, 0.717) is 12.4 Å². The third-order valence-corrected chi connectivity index (χ3v) is 3.84. The lowest BCUT2D eigenvalue weighted by Crippen LogP contribution is -2.16. The highest BCUT2D eigenvalue weighted by atomic mass is 16.5. The number of nitrogens with one attached hydrogen (secondary N) is 1. The minimum Gasteiger partial charge on any atom is -0.489 e. The van der Waals surface area contributed by atoms with Gasteiger partial charge < -0.3 is 15.2 Å². The molecular formula is C21H15N3O4. The molecule has 0 fully saturated rings. The topological polar surface area (TPSA) is 112 Å². The van der Waals surface area contributed by atoms with Crippen molar-refractivity contribution in [2.24, 2.45) is 0 Å². The molecule has 7 nitrogen and oxygen atoms in total. The number of rotatable bonds is 6. The number of ether oxygens (including phenoxy) is 1. The molecule has 0 atom stereocenters. The number of nitriles is 1. The first-order valence-electron chi connectivity index (χ1n) is 8.28. The molecule has 0 aliphatic heterocycles. The Hall–Kier alpha value is -4.18. The van der Waals surface area contributed by atoms with Gasteiger partial charge in [-0.05, 0) is 29.8 Å². The number of carboxylic acid groups (broad SMARTS) is 1. The van der Waals surface area contributed by atoms with Gasteiger partial charge in [0.15, 0.2) is 0 Å². The molecule has 0 unspecified atom stereocenters. The summed E-state index contributed by atoms with van der Waals surface area (Å²) >= 11 is 0. The van der Waals surface area contributed by atoms with Gasteiger partial charge in [0, 0.05) is 12.3 Å². The number of anilines is 1. The molecule has 1 amide bonds. The van der Waals surface area contributed by atoms with Crippen LogP contribution in [-0.4, -0.2) is 22.0 Å². The smallest absolute Gasteiger partial charge is 0.337 e. The van der Waals surface area contributed by atoms with E-state index in [4.69, 9.17) is 10.00 Å². The number of nitrogens with zero attached hydrogens (tertiary/aromatic N) is 2. The zero-order valence-corrected chi connectivity index (χ0v) is 14.6. The molecule has 28 heavy (non-hydrogen) atoms. The Morgan fingerprint density at radius 2 is 1.89 bits per heavy atom. The summed E-state index contributed by atoms with van der Waals surface area (Å²) in [5.41, 5.74) is 1.14. The number of carbonyl (C=O) groups excluding carboxylic acids is 1. The molecule has 138 valence electrons. The van der Waals surface area contributed by atoms with Crippen LogP contribution in [-0.2, 0) is 6.61 Å². The van der Waals surface area contributed by atoms with Gasteiger partial charge >= 0.3 is 5.97 Å². The molecule has 3 rings (SSSR count). The number of benzene rings is 2. The van der Waals surface area contributed by atoms with E-state index < -0.39 is 11.9 Å². The largest absolute Gasteiger partial charge is 0.489 e. The Morgan fingerprint density at radius 3 is 2.61 bits per heavy atom. The maximum Gasteiger partial charge on any atom is 0.337 e. The Balaban J connectivity index is 1.75. The lowest BCUT2D eigenvalue weighted by atomic mass is 10.1. The molecule has 0 spiro atoms. The van der Waals surface area contributed by atoms with E-state index in [0.717, 1.165) is 5.56 Å². The zero-order valence-electron chi connectivity index (χ0n) is 14.6. The molecule has 0 aliphatic rings. The van der Waals surface area contributed by atoms with E-state index in [1.807, 2.05) is 36.4 Å². The van der Waals surface area contributed by atoms with Gasteiger partial charge in [-0.15, -0.1) is 0 Å². The van der Waals surface area contributed by atoms with Crippen LogP contribution in [0, 0.1) is 11.3 Å². The van der Waals surface area contributed by atoms with Crippen molar-refractivity contribution in [1.29, 1.82) is 5.26 Å². The third kappa shape index (κ3) is 4.51. The first-order chi connectivity index (χ1) is 13.6. The molecule has 0 radical (unpaired) electrons. The average molecular weight is 373 g/mol. The van der Waals surface area contributed by atoms with Crippen LogP contribution >= 0.6 is 0 Å². The summed E-state index contributed by atoms with van der Waals surface area (Å²) in [5, 5.41) is 20.7. The highest BCUT2D eigenvalue weighted by molar-refractivity contribution is 6.07. The van der Waals surface area contributed by atoms with Crippen molar-refractivity contribution in [3.8, 4) is 11.8 Å². The summed E-state index contributed by atoms with van der Waals surface area (Å²) in [6.07, 6.45) is 1.44. The highest BCUT2D eigenvalue weighted by Crippen LogP contribution is 2.19. The van der Waals surface area contributed by atoms with Crippen LogP contribution in [0.3, 0.4) is 0 Å². The summed E-state index contributed by atoms with van der Waals surface area (Å²) in [7, 11) is 0. The first kappa shape index (κ1) is 18.6. The number of hydrogen-bond donors (Lipinski definition) is 2. The molecule has 1 heterocycles. The van der Waals surface area contributed by atoms with Gasteiger partial charge in [0.2, 0.25) is 0 Å². The van der Waals surface area contributed by atoms with Crippen molar-refractivity contribution in [1.82, 2.24) is 4.98 Å². The summed E-state index contributed by atoms with van der Waals surface area (Å²) in [6, 6.07) is 18.5. The lowest BCUT2D eigenvalue weighted by molar-refractivity contribution is 0.0698. The summed E-state index contributed by atoms with van der Waals surface area (Å²) in [5.74, 6) is -1.38. The quantitative estimate of drug-likeness (QED) is 0.684. The van der Waals surface area contributed by atoms with Crippen molar-refractivity contribution in [2.45, 2.75) is 6.61 Å². The molecule has 7 heteroatoms. The number of aromatic carboxylic acids is 1. The Labute approximate surface area is 160 Å². The number of pyridine rings is 1. The van der Waals surface area contributed by atoms with Gasteiger partial charge in [0.1, 0.15) is 18.1 Å². The number of amides is 1. The molecule has 0 aliphatic carbocycles. The summed E-state index contributed by atoms with van der Waals surface area (Å²) < 4.78 is 5.68. The van der Waals surface area contributed by atoms with E-state index >= 15 is 0 Å². The second-order valence-corrected chi connectivity index (χ2v) is 5.78. The molecule has 0 bridgehead atoms. The molecule has 1 aromatic heterocycles. The maximum absolute atomic E-state index is 12.5. The van der Waals surface area contributed by atoms with E-state index in [1.165, 1.54) is 30.5 Å². The van der Waals surface area contributed by atoms with Crippen LogP contribution < -0.4 is 10.1 Å². The molecular weight excluding hydrogens is 358 g/mol. The fourth-order valence-electron chi connectivity index (χ4n) is 2.45. The van der Waals surface area contributed by atoms with Crippen LogP contribution in [0.5, 0.6) is 5.75 Å². The number of aromatic nitrogens is 1. The minimum atomic E-state index is -1.25. The predicted molar refractivity (Wildman–Crippen MR) is 101 cm³/mol. The van der Waals surface area contributed by atoms with Crippen molar-refractivity contribution in [2.75, 3.05) is 5.32 Å². The second kappa shape index (κ2) is 8.47. The molecule has 2 aromatic carbocycles. The van der Waals surface area contributed by atoms with Crippen LogP contribution in [0.25, 0.3) is 0 Å². The normalized spacial score (nSPS) is 9.96. The van der Waals surface area contributed by atoms with Crippen molar-refractivity contribution in [3.63, 3.8) is 0 Å². The average Bonchev–Trinajstić information content (AvgIpc) is 2.73. The molecule has 3 aromatic rings. The van der Waals surface area contributed by atoms with Crippen LogP contribution in [0.4, 0.5) is 5.69 Å². The molecule has 0 saturated carbocycles. The number of carbonyl (C=O) groups is 2. The number of carboxylic acids is 1. The van der Waals surface area contributed by atoms with Crippen LogP contribution in [0.15, 0.2) is 66.9 Å². The van der Waals surface area contributed by atoms with Gasteiger partial charge in [-0.25, -0.2) is 4.79 Å². The van der Waals surface area contributed by atoms with E-state index in [1.54, 1.807) is 6.07 Å². The molecule has 2 N–H and O–H groups in total. The van der Waals surface area contributed by atoms with Crippen LogP contribution in [0.2, 0.25) is 0 Å². The lowest BCUT2D eigenvalue weighted by Gasteiger charge is -2.10. The van der Waals surface area contributed by atoms with Crippen LogP contribution in [0.1, 0.15) is 32.0 Å². The fraction of sp³-hybridized carbons (Fsp3) is 0.0476. The highest BCUT2D eigenvalue weighted by Gasteiger charge is 2.16. The first-order valence-corrected chi connectivity index (χ1v) is 8.28. The number of hydrogen-bond acceptors (Lipinski definition) is 5. The van der Waals surface area contributed by atoms with Gasteiger partial charge in [-0.1, -0.05) is 30.3 Å². The van der Waals surface area contributed by atoms with Crippen molar-refractivity contribution < 1.29 is 19.4 Å². The summed E-state index contributed by atoms with van der Waals surface area (Å²) in [6.45, 7) is 0.338. The molecule has 0 saturated heterocycles. The Morgan fingerprint density at radius 1 is 1.11 bits per heavy atom. The van der Waals surface area contributed by atoms with Gasteiger partial charge in [-0.2, -0.15) is 5.26 Å². The van der Waals surface area contributed by atoms with Crippen molar-refractivity contribution >= 4 is 17.6 Å². The summed E-state index contributed by atoms with van der Waals surface area (Å²) in [4.78, 5) is 27.9. The SMILES string of the molecule is N#Cc1ccc(NC(=O)c2cc(OCc3ccccc3)ccn2)c(C(=O)O)c1. The third-order valence-electron chi connectivity index (χ3n) is 3.84. The maximum atomic E-state index is 12.5. The Kier molecular flexibility index (Phi) is 5.63. The zero-order chi connectivity index (χ0) is 19.9. The van der Waals surface area contributed by atoms with Gasteiger partial charge in [-0.3, -0.25) is 9.78 Å². The predicted octanol–water partition coefficient (Wildman–Crippen LogP) is 3.48. The standard InChI is InChI=1S/C21H15N3O4/c22-12-15-6-7-18(17(10-15)21(26)27)24-20(25)19-11-16(8-9-23-19)28-13-14-4-2-1-3-5-14/h1-11H,13H2,(H,24,25)(H,26,27). The fourth-order valence-corrected chi connectivity index (χ4v) is 2.45. The minimum absolute atomic E-state index is 0.0752. The van der Waals surface area contributed by atoms with Gasteiger partial charge in [0.05, 0.1) is 22.9 Å². The monoisotopic (exact) mass is 373 g/mol.